The Labute approximate surface area is 491 Å². The highest BCUT2D eigenvalue weighted by atomic mass is 16.4. The summed E-state index contributed by atoms with van der Waals surface area (Å²) in [4.78, 5) is 190. The normalized spacial score (nSPS) is 11.9. The topological polar surface area (TPSA) is 537 Å². The van der Waals surface area contributed by atoms with Gasteiger partial charge in [-0.1, -0.05) is 84.0 Å². The summed E-state index contributed by atoms with van der Waals surface area (Å²) >= 11 is 0. The predicted octanol–water partition coefficient (Wildman–Crippen LogP) is -5.85. The molecule has 0 radical (unpaired) electrons. The molecule has 0 rings (SSSR count). The molecule has 19 N–H and O–H groups in total. The minimum absolute atomic E-state index is 0.0110. The molecular formula is C51H87N15O19. The van der Waals surface area contributed by atoms with Gasteiger partial charge < -0.3 is 95.3 Å². The van der Waals surface area contributed by atoms with Gasteiger partial charge in [0.2, 0.25) is 70.9 Å². The molecule has 0 saturated carbocycles. The number of aliphatic carboxylic acids is 3. The Morgan fingerprint density at radius 1 is 0.424 bits per heavy atom. The Hall–Kier alpha value is -8.72. The number of guanidine groups is 1. The number of aliphatic hydroxyl groups is 1. The van der Waals surface area contributed by atoms with Crippen LogP contribution < -0.4 is 70.0 Å². The Morgan fingerprint density at radius 2 is 0.835 bits per heavy atom. The van der Waals surface area contributed by atoms with Gasteiger partial charge in [0.05, 0.1) is 65.4 Å². The highest BCUT2D eigenvalue weighted by Gasteiger charge is 2.30. The van der Waals surface area contributed by atoms with Crippen LogP contribution in [0, 0.1) is 0 Å². The van der Waals surface area contributed by atoms with Gasteiger partial charge in [0.25, 0.3) is 0 Å². The highest BCUT2D eigenvalue weighted by Crippen LogP contribution is 2.13. The van der Waals surface area contributed by atoms with E-state index in [9.17, 15) is 87.2 Å². The minimum Gasteiger partial charge on any atom is -0.481 e. The number of carbonyl (C=O) groups is 15. The molecule has 12 amide bonds. The molecule has 34 heteroatoms. The number of nitrogens with two attached hydrogens (primary N) is 2. The van der Waals surface area contributed by atoms with Crippen LogP contribution in [0.15, 0.2) is 4.99 Å². The first-order chi connectivity index (χ1) is 40.3. The minimum atomic E-state index is -1.88. The Balaban J connectivity index is 4.94. The number of likely N-dealkylation sites (N-methyl/N-ethyl adjacent to an activating group) is 1. The van der Waals surface area contributed by atoms with Gasteiger partial charge >= 0.3 is 17.9 Å². The Kier molecular flexibility index (Phi) is 41.1. The number of amides is 12. The van der Waals surface area contributed by atoms with Gasteiger partial charge in [-0.3, -0.25) is 72.1 Å². The number of unbranched alkanes of at least 4 members (excludes halogenated alkanes) is 12. The van der Waals surface area contributed by atoms with Crippen molar-refractivity contribution in [1.29, 1.82) is 0 Å². The Morgan fingerprint density at radius 3 is 1.31 bits per heavy atom. The van der Waals surface area contributed by atoms with Crippen molar-refractivity contribution >= 4 is 94.8 Å². The molecule has 0 fully saturated rings. The van der Waals surface area contributed by atoms with Crippen molar-refractivity contribution in [2.45, 2.75) is 153 Å². The molecular weight excluding hydrogens is 1130 g/mol. The number of aliphatic imine (C=N–C) groups is 1. The lowest BCUT2D eigenvalue weighted by atomic mass is 10.0. The van der Waals surface area contributed by atoms with E-state index in [1.165, 1.54) is 64.8 Å². The van der Waals surface area contributed by atoms with Crippen LogP contribution in [0.1, 0.15) is 129 Å². The van der Waals surface area contributed by atoms with Crippen molar-refractivity contribution in [2.24, 2.45) is 16.5 Å². The number of hydrogen-bond acceptors (Lipinski definition) is 17. The molecule has 34 nitrogen and oxygen atoms in total. The lowest BCUT2D eigenvalue weighted by molar-refractivity contribution is -0.144. The summed E-state index contributed by atoms with van der Waals surface area (Å²) in [7, 11) is 1.21. The Bertz CT molecular complexity index is 2270. The van der Waals surface area contributed by atoms with Crippen LogP contribution in [-0.2, 0) is 71.9 Å². The second-order valence-electron chi connectivity index (χ2n) is 19.5. The van der Waals surface area contributed by atoms with Crippen molar-refractivity contribution in [3.05, 3.63) is 0 Å². The largest absolute Gasteiger partial charge is 0.481 e. The number of hydrogen-bond donors (Lipinski definition) is 17. The molecule has 0 aromatic rings. The van der Waals surface area contributed by atoms with Gasteiger partial charge in [-0.2, -0.15) is 0 Å². The van der Waals surface area contributed by atoms with Crippen LogP contribution in [0.2, 0.25) is 0 Å². The number of nitrogens with one attached hydrogen (secondary N) is 11. The third kappa shape index (κ3) is 41.0. The summed E-state index contributed by atoms with van der Waals surface area (Å²) in [6.07, 6.45) is 13.0. The zero-order valence-corrected chi connectivity index (χ0v) is 48.3. The third-order valence-corrected chi connectivity index (χ3v) is 12.1. The molecule has 0 bridgehead atoms. The fourth-order valence-corrected chi connectivity index (χ4v) is 7.41. The van der Waals surface area contributed by atoms with E-state index in [-0.39, 0.29) is 44.2 Å². The quantitative estimate of drug-likeness (QED) is 0.0153. The molecule has 0 saturated heterocycles. The van der Waals surface area contributed by atoms with Crippen molar-refractivity contribution in [3.63, 3.8) is 0 Å². The van der Waals surface area contributed by atoms with Crippen molar-refractivity contribution < 1.29 is 92.3 Å². The van der Waals surface area contributed by atoms with E-state index in [4.69, 9.17) is 16.6 Å². The summed E-state index contributed by atoms with van der Waals surface area (Å²) in [5.41, 5.74) is 10.7. The fourth-order valence-electron chi connectivity index (χ4n) is 7.41. The average Bonchev–Trinajstić information content (AvgIpc) is 3.61. The van der Waals surface area contributed by atoms with Gasteiger partial charge in [-0.25, -0.2) is 4.79 Å². The van der Waals surface area contributed by atoms with Gasteiger partial charge in [-0.15, -0.1) is 0 Å². The maximum Gasteiger partial charge on any atom is 0.328 e. The number of rotatable bonds is 48. The molecule has 0 aromatic heterocycles. The van der Waals surface area contributed by atoms with Crippen molar-refractivity contribution in [1.82, 2.24) is 63.4 Å². The van der Waals surface area contributed by atoms with Crippen molar-refractivity contribution in [2.75, 3.05) is 72.6 Å². The number of nitrogens with zero attached hydrogens (tertiary/aromatic N) is 2. The lowest BCUT2D eigenvalue weighted by Gasteiger charge is -2.23. The maximum absolute atomic E-state index is 13.5. The SMILES string of the molecule is CCCCCCCCCCCCCCCC(=O)NCC(=O)NCC(=O)NCC(=O)NCC(=O)N(C)CC(=O)NCC(=O)NCC(=O)N[C@@H](CCC(=O)O)C(=O)N[C@@H](CCCN=C(N)N)C(=O)NCC(=O)N[C@@H](CC(=O)O)C(=O)N[C@@H](CO)C(=O)O. The number of carboxylic acids is 3. The zero-order valence-electron chi connectivity index (χ0n) is 48.3. The molecule has 4 atom stereocenters. The lowest BCUT2D eigenvalue weighted by Crippen LogP contribution is -2.56. The van der Waals surface area contributed by atoms with E-state index in [1.807, 2.05) is 10.6 Å². The molecule has 0 unspecified atom stereocenters. The molecule has 0 heterocycles. The molecule has 0 spiro atoms. The van der Waals surface area contributed by atoms with Crippen LogP contribution >= 0.6 is 0 Å². The number of carboxylic acid groups (broad SMARTS) is 3. The third-order valence-electron chi connectivity index (χ3n) is 12.1. The molecule has 0 aromatic carbocycles. The first-order valence-corrected chi connectivity index (χ1v) is 27.9. The summed E-state index contributed by atoms with van der Waals surface area (Å²) in [6, 6.07) is -6.93. The van der Waals surface area contributed by atoms with Gasteiger partial charge in [0.1, 0.15) is 24.2 Å². The summed E-state index contributed by atoms with van der Waals surface area (Å²) in [5.74, 6) is -15.6. The van der Waals surface area contributed by atoms with E-state index in [0.29, 0.717) is 6.42 Å². The van der Waals surface area contributed by atoms with E-state index >= 15 is 0 Å². The molecule has 0 aliphatic rings. The van der Waals surface area contributed by atoms with E-state index in [2.05, 4.69) is 59.8 Å². The van der Waals surface area contributed by atoms with Crippen molar-refractivity contribution in [3.8, 4) is 0 Å². The standard InChI is InChI=1S/C51H87N15O19/c1-3-4-5-6-7-8-9-10-11-12-13-14-15-18-36(68)55-23-37(69)56-24-38(70)57-25-40(72)60-29-44(76)66(2)30-43(75)59-26-39(71)58-27-41(73)62-33(19-20-45(77)78)48(82)64-32(17-16-21-54-51(52)53)47(81)61-28-42(74)63-34(22-46(79)80)49(83)65-35(31-67)50(84)85/h32-35,67H,3-31H2,1-2H3,(H,55,68)(H,56,69)(H,57,70)(H,58,71)(H,59,75)(H,60,72)(H,61,81)(H,62,73)(H,63,74)(H,64,82)(H,65,83)(H,77,78)(H,79,80)(H,84,85)(H4,52,53,54)/t32-,33-,34-,35-/m0/s1. The van der Waals surface area contributed by atoms with Crippen LogP contribution in [-0.4, -0.2) is 217 Å². The first-order valence-electron chi connectivity index (χ1n) is 27.9. The zero-order chi connectivity index (χ0) is 64.1. The summed E-state index contributed by atoms with van der Waals surface area (Å²) in [6.45, 7) is -4.04. The molecule has 0 aliphatic carbocycles. The van der Waals surface area contributed by atoms with Crippen LogP contribution in [0.4, 0.5) is 0 Å². The van der Waals surface area contributed by atoms with Gasteiger partial charge in [-0.05, 0) is 25.7 Å². The maximum atomic E-state index is 13.5. The monoisotopic (exact) mass is 1210 g/mol. The van der Waals surface area contributed by atoms with Gasteiger partial charge in [0, 0.05) is 26.4 Å². The van der Waals surface area contributed by atoms with E-state index < -0.39 is 179 Å². The van der Waals surface area contributed by atoms with E-state index in [0.717, 1.165) is 24.2 Å². The van der Waals surface area contributed by atoms with E-state index in [1.54, 1.807) is 0 Å². The number of aliphatic hydroxyl groups excluding tert-OH is 1. The smallest absolute Gasteiger partial charge is 0.328 e. The second-order valence-corrected chi connectivity index (χ2v) is 19.5. The van der Waals surface area contributed by atoms with Crippen LogP contribution in [0.25, 0.3) is 0 Å². The van der Waals surface area contributed by atoms with Crippen LogP contribution in [0.5, 0.6) is 0 Å². The highest BCUT2D eigenvalue weighted by molar-refractivity contribution is 5.97. The van der Waals surface area contributed by atoms with Gasteiger partial charge in [0.15, 0.2) is 5.96 Å². The average molecular weight is 1210 g/mol. The first kappa shape index (κ1) is 76.3. The number of carbonyl (C=O) groups excluding carboxylic acids is 12. The van der Waals surface area contributed by atoms with Crippen LogP contribution in [0.3, 0.4) is 0 Å². The molecule has 0 aliphatic heterocycles. The molecule has 85 heavy (non-hydrogen) atoms. The predicted molar refractivity (Wildman–Crippen MR) is 300 cm³/mol. The summed E-state index contributed by atoms with van der Waals surface area (Å²) < 4.78 is 0. The summed E-state index contributed by atoms with van der Waals surface area (Å²) in [5, 5.41) is 61.0. The second kappa shape index (κ2) is 45.8. The fraction of sp³-hybridized carbons (Fsp3) is 0.686. The molecule has 480 valence electrons.